The van der Waals surface area contributed by atoms with Gasteiger partial charge in [-0.1, -0.05) is 37.3 Å². The molecule has 0 bridgehead atoms. The second-order valence-electron chi connectivity index (χ2n) is 8.65. The van der Waals surface area contributed by atoms with E-state index in [9.17, 15) is 25.2 Å². The van der Waals surface area contributed by atoms with Crippen molar-refractivity contribution < 1.29 is 44.2 Å². The molecular formula is C26H31NO9. The molecule has 0 aliphatic carbocycles. The van der Waals surface area contributed by atoms with Crippen molar-refractivity contribution in [3.8, 4) is 5.75 Å². The number of benzene rings is 2. The van der Waals surface area contributed by atoms with E-state index in [1.54, 1.807) is 19.1 Å². The summed E-state index contributed by atoms with van der Waals surface area (Å²) in [7, 11) is 0. The number of aromatic amines is 1. The Hall–Kier alpha value is -3.15. The molecule has 2 aromatic carbocycles. The molecule has 0 amide bonds. The van der Waals surface area contributed by atoms with Gasteiger partial charge in [-0.15, -0.1) is 0 Å². The third-order valence-electron chi connectivity index (χ3n) is 6.26. The van der Waals surface area contributed by atoms with E-state index in [0.717, 1.165) is 23.1 Å². The smallest absolute Gasteiger partial charge is 0.454 e. The Labute approximate surface area is 208 Å². The fourth-order valence-corrected chi connectivity index (χ4v) is 4.23. The number of H-pyrrole nitrogens is 1. The number of ether oxygens (including phenoxy) is 4. The van der Waals surface area contributed by atoms with Crippen LogP contribution in [0.4, 0.5) is 4.79 Å². The lowest BCUT2D eigenvalue weighted by Crippen LogP contribution is -2.69. The van der Waals surface area contributed by atoms with Gasteiger partial charge in [0.05, 0.1) is 6.61 Å². The molecule has 1 fully saturated rings. The summed E-state index contributed by atoms with van der Waals surface area (Å²) in [5.74, 6) is -2.53. The highest BCUT2D eigenvalue weighted by molar-refractivity contribution is 5.89. The molecule has 36 heavy (non-hydrogen) atoms. The maximum absolute atomic E-state index is 11.4. The van der Waals surface area contributed by atoms with E-state index in [0.29, 0.717) is 11.8 Å². The standard InChI is InChI=1S/C26H31NO9/c1-3-15-8-10-16(11-9-15)12-17-13-27-18-6-5-7-19(21(17)18)36-26(32)23(29)22(28)20(35-24(26)30)14-34-25(31)33-4-2/h5-11,13,20,22-24,27-30,32H,3-4,12,14H2,1-2H3/t20-,22-,23+,24+,26+/m1/s1. The van der Waals surface area contributed by atoms with Crippen molar-refractivity contribution in [2.75, 3.05) is 13.2 Å². The van der Waals surface area contributed by atoms with E-state index in [1.807, 2.05) is 24.4 Å². The summed E-state index contributed by atoms with van der Waals surface area (Å²) >= 11 is 0. The molecule has 0 saturated carbocycles. The van der Waals surface area contributed by atoms with Gasteiger partial charge in [0.15, 0.2) is 6.10 Å². The molecule has 0 radical (unpaired) electrons. The Bertz CT molecular complexity index is 1180. The number of aliphatic hydroxyl groups excluding tert-OH is 3. The van der Waals surface area contributed by atoms with Crippen molar-refractivity contribution in [3.05, 3.63) is 65.4 Å². The molecule has 0 unspecified atom stereocenters. The number of nitrogens with one attached hydrogen (secondary N) is 1. The number of hydrogen-bond donors (Lipinski definition) is 5. The molecule has 0 spiro atoms. The minimum Gasteiger partial charge on any atom is -0.454 e. The second-order valence-corrected chi connectivity index (χ2v) is 8.65. The van der Waals surface area contributed by atoms with Crippen LogP contribution in [0, 0.1) is 0 Å². The van der Waals surface area contributed by atoms with Crippen molar-refractivity contribution in [2.45, 2.75) is 57.1 Å². The molecule has 1 aliphatic rings. The van der Waals surface area contributed by atoms with Crippen LogP contribution in [-0.4, -0.2) is 75.2 Å². The van der Waals surface area contributed by atoms with Crippen LogP contribution in [0.5, 0.6) is 5.75 Å². The van der Waals surface area contributed by atoms with Gasteiger partial charge in [-0.2, -0.15) is 0 Å². The van der Waals surface area contributed by atoms with Crippen LogP contribution < -0.4 is 4.74 Å². The van der Waals surface area contributed by atoms with Crippen LogP contribution in [0.3, 0.4) is 0 Å². The second kappa shape index (κ2) is 10.9. The van der Waals surface area contributed by atoms with E-state index >= 15 is 0 Å². The number of aliphatic hydroxyl groups is 4. The van der Waals surface area contributed by atoms with Gasteiger partial charge in [-0.25, -0.2) is 4.79 Å². The van der Waals surface area contributed by atoms with Gasteiger partial charge in [-0.05, 0) is 48.6 Å². The van der Waals surface area contributed by atoms with Crippen LogP contribution in [0.2, 0.25) is 0 Å². The minimum absolute atomic E-state index is 0.0858. The van der Waals surface area contributed by atoms with Gasteiger partial charge in [0, 0.05) is 17.1 Å². The predicted octanol–water partition coefficient (Wildman–Crippen LogP) is 2.00. The van der Waals surface area contributed by atoms with E-state index < -0.39 is 43.2 Å². The number of carbonyl (C=O) groups is 1. The minimum atomic E-state index is -2.70. The lowest BCUT2D eigenvalue weighted by Gasteiger charge is -2.45. The van der Waals surface area contributed by atoms with Crippen molar-refractivity contribution in [1.29, 1.82) is 0 Å². The summed E-state index contributed by atoms with van der Waals surface area (Å²) in [6.07, 6.45) is -4.77. The van der Waals surface area contributed by atoms with Gasteiger partial charge < -0.3 is 44.4 Å². The fraction of sp³-hybridized carbons (Fsp3) is 0.423. The topological polar surface area (TPSA) is 151 Å². The maximum Gasteiger partial charge on any atom is 0.508 e. The fourth-order valence-electron chi connectivity index (χ4n) is 4.23. The van der Waals surface area contributed by atoms with Gasteiger partial charge in [0.1, 0.15) is 24.6 Å². The van der Waals surface area contributed by atoms with E-state index in [-0.39, 0.29) is 12.4 Å². The molecule has 3 aromatic rings. The normalized spacial score (nSPS) is 26.1. The van der Waals surface area contributed by atoms with Crippen LogP contribution >= 0.6 is 0 Å². The van der Waals surface area contributed by atoms with Crippen LogP contribution in [0.25, 0.3) is 10.9 Å². The lowest BCUT2D eigenvalue weighted by molar-refractivity contribution is -0.385. The lowest BCUT2D eigenvalue weighted by atomic mass is 9.95. The van der Waals surface area contributed by atoms with Crippen LogP contribution in [0.15, 0.2) is 48.7 Å². The summed E-state index contributed by atoms with van der Waals surface area (Å²) in [5, 5.41) is 43.5. The predicted molar refractivity (Wildman–Crippen MR) is 128 cm³/mol. The molecule has 1 aliphatic heterocycles. The average Bonchev–Trinajstić information content (AvgIpc) is 3.29. The molecule has 4 rings (SSSR count). The molecule has 5 atom stereocenters. The third kappa shape index (κ3) is 5.18. The zero-order valence-electron chi connectivity index (χ0n) is 20.1. The van der Waals surface area contributed by atoms with Crippen LogP contribution in [-0.2, 0) is 27.1 Å². The number of fused-ring (bicyclic) bond motifs is 1. The zero-order valence-corrected chi connectivity index (χ0v) is 20.1. The summed E-state index contributed by atoms with van der Waals surface area (Å²) in [4.78, 5) is 14.6. The first-order valence-electron chi connectivity index (χ1n) is 11.8. The molecule has 1 aromatic heterocycles. The van der Waals surface area contributed by atoms with E-state index in [2.05, 4.69) is 28.8 Å². The maximum atomic E-state index is 11.4. The number of aromatic nitrogens is 1. The van der Waals surface area contributed by atoms with Gasteiger partial charge in [-0.3, -0.25) is 0 Å². The third-order valence-corrected chi connectivity index (χ3v) is 6.26. The van der Waals surface area contributed by atoms with Crippen molar-refractivity contribution in [1.82, 2.24) is 4.98 Å². The number of hydrogen-bond acceptors (Lipinski definition) is 9. The highest BCUT2D eigenvalue weighted by Gasteiger charge is 2.57. The highest BCUT2D eigenvalue weighted by Crippen LogP contribution is 2.37. The van der Waals surface area contributed by atoms with Gasteiger partial charge in [0.2, 0.25) is 6.29 Å². The first kappa shape index (κ1) is 25.9. The molecule has 1 saturated heterocycles. The highest BCUT2D eigenvalue weighted by atomic mass is 16.7. The monoisotopic (exact) mass is 501 g/mol. The molecule has 5 N–H and O–H groups in total. The first-order valence-corrected chi connectivity index (χ1v) is 11.8. The summed E-state index contributed by atoms with van der Waals surface area (Å²) in [6.45, 7) is 3.26. The van der Waals surface area contributed by atoms with Crippen molar-refractivity contribution in [2.24, 2.45) is 0 Å². The summed E-state index contributed by atoms with van der Waals surface area (Å²) in [5.41, 5.74) is 3.89. The Morgan fingerprint density at radius 3 is 2.47 bits per heavy atom. The van der Waals surface area contributed by atoms with E-state index in [4.69, 9.17) is 14.2 Å². The Balaban J connectivity index is 1.56. The van der Waals surface area contributed by atoms with E-state index in [1.165, 1.54) is 5.56 Å². The molecule has 194 valence electrons. The van der Waals surface area contributed by atoms with Gasteiger partial charge >= 0.3 is 6.16 Å². The summed E-state index contributed by atoms with van der Waals surface area (Å²) < 4.78 is 20.5. The summed E-state index contributed by atoms with van der Waals surface area (Å²) in [6, 6.07) is 13.3. The Kier molecular flexibility index (Phi) is 7.82. The zero-order chi connectivity index (χ0) is 25.9. The largest absolute Gasteiger partial charge is 0.508 e. The molecule has 10 nitrogen and oxygen atoms in total. The number of aryl methyl sites for hydroxylation is 1. The average molecular weight is 502 g/mol. The van der Waals surface area contributed by atoms with Crippen molar-refractivity contribution in [3.63, 3.8) is 0 Å². The van der Waals surface area contributed by atoms with Gasteiger partial charge in [0.25, 0.3) is 5.79 Å². The Morgan fingerprint density at radius 1 is 1.06 bits per heavy atom. The molecule has 2 heterocycles. The molecule has 10 heteroatoms. The Morgan fingerprint density at radius 2 is 1.78 bits per heavy atom. The first-order chi connectivity index (χ1) is 17.3. The van der Waals surface area contributed by atoms with Crippen LogP contribution in [0.1, 0.15) is 30.5 Å². The number of carbonyl (C=O) groups excluding carboxylic acids is 1. The SMILES string of the molecule is CCOC(=O)OC[C@H]1O[C@H](O)[C@@](O)(Oc2cccc3[nH]cc(Cc4ccc(CC)cc4)c23)[C@@H](O)[C@@H]1O. The van der Waals surface area contributed by atoms with Crippen molar-refractivity contribution >= 4 is 17.1 Å². The number of rotatable bonds is 8. The quantitative estimate of drug-likeness (QED) is 0.231. The molecular weight excluding hydrogens is 470 g/mol.